The average molecular weight is 175 g/mol. The second-order valence-corrected chi connectivity index (χ2v) is 1.26. The minimum absolute atomic E-state index is 0. The van der Waals surface area contributed by atoms with Gasteiger partial charge in [0, 0.05) is 13.1 Å². The predicted molar refractivity (Wildman–Crippen MR) is 49.9 cm³/mol. The SMILES string of the molecule is [CH2]C(O)NCCN.[NaH].[NaH].[NaH]. The molecule has 1 radical (unpaired) electrons. The van der Waals surface area contributed by atoms with E-state index in [1.807, 2.05) is 0 Å². The monoisotopic (exact) mass is 175 g/mol. The van der Waals surface area contributed by atoms with Crippen molar-refractivity contribution < 1.29 is 5.11 Å². The molecule has 0 bridgehead atoms. The third-order valence-electron chi connectivity index (χ3n) is 0.524. The summed E-state index contributed by atoms with van der Waals surface area (Å²) in [4.78, 5) is 0. The van der Waals surface area contributed by atoms with Gasteiger partial charge in [-0.15, -0.1) is 0 Å². The summed E-state index contributed by atoms with van der Waals surface area (Å²) in [5.74, 6) is 0. The second-order valence-electron chi connectivity index (χ2n) is 1.26. The molecule has 10 heavy (non-hydrogen) atoms. The summed E-state index contributed by atoms with van der Waals surface area (Å²) < 4.78 is 0. The van der Waals surface area contributed by atoms with Crippen molar-refractivity contribution in [2.75, 3.05) is 13.1 Å². The molecule has 0 aliphatic rings. The van der Waals surface area contributed by atoms with Gasteiger partial charge in [-0.1, -0.05) is 0 Å². The Bertz CT molecular complexity index is 47.5. The van der Waals surface area contributed by atoms with Gasteiger partial charge < -0.3 is 10.8 Å². The van der Waals surface area contributed by atoms with E-state index < -0.39 is 6.23 Å². The third kappa shape index (κ3) is 22.4. The molecule has 49 valence electrons. The summed E-state index contributed by atoms with van der Waals surface area (Å²) in [6.07, 6.45) is -0.677. The molecule has 6 heteroatoms. The molecule has 1 unspecified atom stereocenters. The van der Waals surface area contributed by atoms with Gasteiger partial charge in [-0.05, 0) is 6.92 Å². The molecule has 0 aliphatic heterocycles. The topological polar surface area (TPSA) is 58.3 Å². The molecule has 0 fully saturated rings. The van der Waals surface area contributed by atoms with E-state index in [2.05, 4.69) is 12.2 Å². The van der Waals surface area contributed by atoms with Crippen LogP contribution < -0.4 is 11.1 Å². The van der Waals surface area contributed by atoms with E-state index in [-0.39, 0.29) is 88.7 Å². The first kappa shape index (κ1) is 23.1. The maximum atomic E-state index is 8.41. The second kappa shape index (κ2) is 17.8. The standard InChI is InChI=1S/C4H11N2O.3Na.3H/c1-4(7)6-3-2-5;;;;;;/h4,6-7H,1-3,5H2;;;;;;. The predicted octanol–water partition coefficient (Wildman–Crippen LogP) is -3.26. The summed E-state index contributed by atoms with van der Waals surface area (Å²) in [5, 5.41) is 11.0. The number of aliphatic hydroxyl groups excluding tert-OH is 1. The zero-order valence-electron chi connectivity index (χ0n) is 4.22. The molecule has 0 amide bonds. The van der Waals surface area contributed by atoms with Gasteiger partial charge in [-0.3, -0.25) is 5.32 Å². The minimum atomic E-state index is -0.677. The zero-order chi connectivity index (χ0) is 5.70. The first-order chi connectivity index (χ1) is 3.27. The molecule has 0 saturated carbocycles. The normalized spacial score (nSPS) is 9.90. The first-order valence-electron chi connectivity index (χ1n) is 2.22. The Morgan fingerprint density at radius 2 is 1.80 bits per heavy atom. The van der Waals surface area contributed by atoms with Gasteiger partial charge >= 0.3 is 88.7 Å². The van der Waals surface area contributed by atoms with Gasteiger partial charge in [-0.25, -0.2) is 0 Å². The number of nitrogens with one attached hydrogen (secondary N) is 1. The number of hydrogen-bond acceptors (Lipinski definition) is 3. The first-order valence-corrected chi connectivity index (χ1v) is 2.22. The molecule has 0 rings (SSSR count). The van der Waals surface area contributed by atoms with Gasteiger partial charge in [-0.2, -0.15) is 0 Å². The molecule has 0 aromatic rings. The van der Waals surface area contributed by atoms with E-state index in [0.29, 0.717) is 13.1 Å². The molecule has 4 N–H and O–H groups in total. The number of rotatable bonds is 3. The van der Waals surface area contributed by atoms with Crippen molar-refractivity contribution in [1.29, 1.82) is 0 Å². The van der Waals surface area contributed by atoms with Crippen molar-refractivity contribution >= 4 is 88.7 Å². The molecule has 1 atom stereocenters. The Kier molecular flexibility index (Phi) is 41.1. The molecule has 0 aromatic carbocycles. The van der Waals surface area contributed by atoms with Crippen LogP contribution in [0.2, 0.25) is 0 Å². The number of nitrogens with two attached hydrogens (primary N) is 1. The molecule has 0 saturated heterocycles. The Labute approximate surface area is 129 Å². The van der Waals surface area contributed by atoms with Crippen LogP contribution in [0.1, 0.15) is 0 Å². The molecular weight excluding hydrogens is 161 g/mol. The van der Waals surface area contributed by atoms with Crippen molar-refractivity contribution in [3.05, 3.63) is 6.92 Å². The Hall–Kier alpha value is 2.88. The van der Waals surface area contributed by atoms with Gasteiger partial charge in [0.2, 0.25) is 0 Å². The van der Waals surface area contributed by atoms with Crippen LogP contribution in [-0.4, -0.2) is 113 Å². The summed E-state index contributed by atoms with van der Waals surface area (Å²) in [5.41, 5.74) is 5.08. The number of hydrogen-bond donors (Lipinski definition) is 3. The fourth-order valence-corrected chi connectivity index (χ4v) is 0.250. The zero-order valence-corrected chi connectivity index (χ0v) is 4.22. The van der Waals surface area contributed by atoms with E-state index in [0.717, 1.165) is 0 Å². The van der Waals surface area contributed by atoms with Gasteiger partial charge in [0.25, 0.3) is 0 Å². The van der Waals surface area contributed by atoms with Crippen LogP contribution in [-0.2, 0) is 0 Å². The van der Waals surface area contributed by atoms with Crippen LogP contribution in [0.3, 0.4) is 0 Å². The maximum absolute atomic E-state index is 8.41. The summed E-state index contributed by atoms with van der Waals surface area (Å²) >= 11 is 0. The molecule has 0 heterocycles. The van der Waals surface area contributed by atoms with E-state index in [9.17, 15) is 0 Å². The molecule has 0 aromatic heterocycles. The van der Waals surface area contributed by atoms with E-state index >= 15 is 0 Å². The van der Waals surface area contributed by atoms with Crippen molar-refractivity contribution in [3.8, 4) is 0 Å². The van der Waals surface area contributed by atoms with Crippen molar-refractivity contribution in [1.82, 2.24) is 5.32 Å². The number of aliphatic hydroxyl groups is 1. The summed E-state index contributed by atoms with van der Waals surface area (Å²) in [7, 11) is 0. The van der Waals surface area contributed by atoms with Crippen LogP contribution in [0, 0.1) is 6.92 Å². The van der Waals surface area contributed by atoms with Crippen LogP contribution in [0.5, 0.6) is 0 Å². The van der Waals surface area contributed by atoms with Crippen molar-refractivity contribution in [2.24, 2.45) is 5.73 Å². The average Bonchev–Trinajstić information content (AvgIpc) is 1.61. The van der Waals surface area contributed by atoms with Gasteiger partial charge in [0.15, 0.2) is 0 Å². The van der Waals surface area contributed by atoms with Gasteiger partial charge in [0.1, 0.15) is 6.23 Å². The fraction of sp³-hybridized carbons (Fsp3) is 0.750. The Morgan fingerprint density at radius 1 is 1.40 bits per heavy atom. The van der Waals surface area contributed by atoms with Crippen molar-refractivity contribution in [3.63, 3.8) is 0 Å². The van der Waals surface area contributed by atoms with E-state index in [1.54, 1.807) is 0 Å². The Morgan fingerprint density at radius 3 is 1.90 bits per heavy atom. The fourth-order valence-electron chi connectivity index (χ4n) is 0.250. The molecule has 0 spiro atoms. The van der Waals surface area contributed by atoms with Crippen molar-refractivity contribution in [2.45, 2.75) is 6.23 Å². The molecule has 3 nitrogen and oxygen atoms in total. The van der Waals surface area contributed by atoms with Crippen LogP contribution in [0.15, 0.2) is 0 Å². The molecular formula is C4H14N2Na3O. The van der Waals surface area contributed by atoms with E-state index in [1.165, 1.54) is 0 Å². The van der Waals surface area contributed by atoms with E-state index in [4.69, 9.17) is 10.8 Å². The third-order valence-corrected chi connectivity index (χ3v) is 0.524. The van der Waals surface area contributed by atoms with Crippen LogP contribution >= 0.6 is 0 Å². The summed E-state index contributed by atoms with van der Waals surface area (Å²) in [6, 6.07) is 0. The van der Waals surface area contributed by atoms with Crippen LogP contribution in [0.25, 0.3) is 0 Å². The molecule has 0 aliphatic carbocycles. The van der Waals surface area contributed by atoms with Gasteiger partial charge in [0.05, 0.1) is 0 Å². The quantitative estimate of drug-likeness (QED) is 0.312. The summed E-state index contributed by atoms with van der Waals surface area (Å²) in [6.45, 7) is 4.41. The Balaban J connectivity index is -0.0000000600. The van der Waals surface area contributed by atoms with Crippen LogP contribution in [0.4, 0.5) is 0 Å².